The summed E-state index contributed by atoms with van der Waals surface area (Å²) >= 11 is 0. The maximum Gasteiger partial charge on any atom is 0.266 e. The van der Waals surface area contributed by atoms with Gasteiger partial charge in [0.25, 0.3) is 5.91 Å². The van der Waals surface area contributed by atoms with Gasteiger partial charge in [-0.25, -0.2) is 0 Å². The molecular formula is C23H23N3O. The van der Waals surface area contributed by atoms with Gasteiger partial charge in [0.1, 0.15) is 11.6 Å². The fraction of sp³-hybridized carbons (Fsp3) is 0.217. The van der Waals surface area contributed by atoms with Gasteiger partial charge in [0.05, 0.1) is 0 Å². The first-order valence-electron chi connectivity index (χ1n) is 9.00. The first-order valence-corrected chi connectivity index (χ1v) is 9.00. The second-order valence-electron chi connectivity index (χ2n) is 7.03. The number of benzene rings is 2. The lowest BCUT2D eigenvalue weighted by Crippen LogP contribution is -2.13. The number of nitriles is 1. The van der Waals surface area contributed by atoms with Crippen LogP contribution in [0.4, 0.5) is 5.69 Å². The Morgan fingerprint density at radius 2 is 1.89 bits per heavy atom. The van der Waals surface area contributed by atoms with Gasteiger partial charge in [-0.2, -0.15) is 5.26 Å². The van der Waals surface area contributed by atoms with Gasteiger partial charge in [0.2, 0.25) is 0 Å². The quantitative estimate of drug-likeness (QED) is 0.503. The number of anilines is 1. The first kappa shape index (κ1) is 18.5. The average Bonchev–Trinajstić information content (AvgIpc) is 3.01. The lowest BCUT2D eigenvalue weighted by Gasteiger charge is -2.08. The number of aromatic nitrogens is 1. The van der Waals surface area contributed by atoms with E-state index in [0.717, 1.165) is 27.6 Å². The number of rotatable bonds is 4. The third-order valence-electron chi connectivity index (χ3n) is 4.76. The van der Waals surface area contributed by atoms with Crippen LogP contribution in [0, 0.1) is 25.2 Å². The molecule has 3 rings (SSSR count). The number of amides is 1. The highest BCUT2D eigenvalue weighted by molar-refractivity contribution is 6.10. The van der Waals surface area contributed by atoms with Gasteiger partial charge < -0.3 is 9.88 Å². The predicted molar refractivity (Wildman–Crippen MR) is 110 cm³/mol. The van der Waals surface area contributed by atoms with E-state index in [1.165, 1.54) is 0 Å². The van der Waals surface area contributed by atoms with Crippen molar-refractivity contribution in [2.24, 2.45) is 0 Å². The summed E-state index contributed by atoms with van der Waals surface area (Å²) in [6, 6.07) is 16.1. The van der Waals surface area contributed by atoms with Crippen LogP contribution in [0.15, 0.2) is 54.2 Å². The van der Waals surface area contributed by atoms with Crippen molar-refractivity contribution in [3.05, 3.63) is 70.9 Å². The predicted octanol–water partition coefficient (Wildman–Crippen LogP) is 5.38. The van der Waals surface area contributed by atoms with Gasteiger partial charge in [-0.15, -0.1) is 0 Å². The van der Waals surface area contributed by atoms with Crippen molar-refractivity contribution in [2.75, 3.05) is 5.32 Å². The number of carbonyl (C=O) groups excluding carboxylic acids is 1. The van der Waals surface area contributed by atoms with Crippen LogP contribution in [-0.4, -0.2) is 10.5 Å². The molecule has 1 amide bonds. The van der Waals surface area contributed by atoms with Crippen LogP contribution in [0.3, 0.4) is 0 Å². The maximum atomic E-state index is 12.6. The zero-order valence-electron chi connectivity index (χ0n) is 16.1. The number of fused-ring (bicyclic) bond motifs is 1. The standard InChI is InChI=1S/C23H23N3O/c1-15(2)26-14-19(21-7-5-6-8-22(21)26)12-18(13-24)23(27)25-20-10-9-16(3)17(4)11-20/h5-12,14-15H,1-4H3,(H,25,27). The average molecular weight is 357 g/mol. The molecule has 0 aliphatic heterocycles. The summed E-state index contributed by atoms with van der Waals surface area (Å²) in [5.74, 6) is -0.401. The third-order valence-corrected chi connectivity index (χ3v) is 4.76. The molecule has 0 saturated carbocycles. The molecule has 0 bridgehead atoms. The van der Waals surface area contributed by atoms with Crippen molar-refractivity contribution in [3.63, 3.8) is 0 Å². The van der Waals surface area contributed by atoms with E-state index in [2.05, 4.69) is 23.7 Å². The normalized spacial score (nSPS) is 11.6. The van der Waals surface area contributed by atoms with E-state index in [0.29, 0.717) is 5.69 Å². The smallest absolute Gasteiger partial charge is 0.266 e. The van der Waals surface area contributed by atoms with Crippen LogP contribution >= 0.6 is 0 Å². The van der Waals surface area contributed by atoms with Crippen LogP contribution in [0.2, 0.25) is 0 Å². The molecule has 4 nitrogen and oxygen atoms in total. The Kier molecular flexibility index (Phi) is 5.14. The highest BCUT2D eigenvalue weighted by Crippen LogP contribution is 2.26. The van der Waals surface area contributed by atoms with Gasteiger partial charge >= 0.3 is 0 Å². The van der Waals surface area contributed by atoms with Crippen LogP contribution in [0.25, 0.3) is 17.0 Å². The zero-order valence-corrected chi connectivity index (χ0v) is 16.1. The van der Waals surface area contributed by atoms with E-state index in [-0.39, 0.29) is 11.6 Å². The first-order chi connectivity index (χ1) is 12.9. The highest BCUT2D eigenvalue weighted by atomic mass is 16.1. The highest BCUT2D eigenvalue weighted by Gasteiger charge is 2.14. The van der Waals surface area contributed by atoms with E-state index in [4.69, 9.17) is 0 Å². The maximum absolute atomic E-state index is 12.6. The lowest BCUT2D eigenvalue weighted by molar-refractivity contribution is -0.112. The van der Waals surface area contributed by atoms with Crippen molar-refractivity contribution in [1.82, 2.24) is 4.57 Å². The number of aryl methyl sites for hydroxylation is 2. The molecule has 0 fully saturated rings. The molecule has 0 radical (unpaired) electrons. The van der Waals surface area contributed by atoms with Gasteiger partial charge in [-0.3, -0.25) is 4.79 Å². The fourth-order valence-electron chi connectivity index (χ4n) is 3.10. The summed E-state index contributed by atoms with van der Waals surface area (Å²) in [5.41, 5.74) is 4.98. The van der Waals surface area contributed by atoms with E-state index in [1.54, 1.807) is 6.08 Å². The summed E-state index contributed by atoms with van der Waals surface area (Å²) in [5, 5.41) is 13.4. The number of hydrogen-bond acceptors (Lipinski definition) is 2. The summed E-state index contributed by atoms with van der Waals surface area (Å²) in [4.78, 5) is 12.6. The molecule has 1 heterocycles. The second kappa shape index (κ2) is 7.51. The molecule has 0 atom stereocenters. The Balaban J connectivity index is 1.97. The van der Waals surface area contributed by atoms with Crippen LogP contribution < -0.4 is 5.32 Å². The van der Waals surface area contributed by atoms with Crippen LogP contribution in [-0.2, 0) is 4.79 Å². The van der Waals surface area contributed by atoms with Crippen molar-refractivity contribution in [3.8, 4) is 6.07 Å². The number of nitrogens with one attached hydrogen (secondary N) is 1. The third kappa shape index (κ3) is 3.78. The largest absolute Gasteiger partial charge is 0.344 e. The Morgan fingerprint density at radius 1 is 1.15 bits per heavy atom. The SMILES string of the molecule is Cc1ccc(NC(=O)C(C#N)=Cc2cn(C(C)C)c3ccccc23)cc1C. The van der Waals surface area contributed by atoms with Gasteiger partial charge in [-0.1, -0.05) is 24.3 Å². The minimum absolute atomic E-state index is 0.0832. The summed E-state index contributed by atoms with van der Waals surface area (Å²) in [6.45, 7) is 8.23. The molecule has 0 unspecified atom stereocenters. The monoisotopic (exact) mass is 357 g/mol. The van der Waals surface area contributed by atoms with Crippen molar-refractivity contribution in [2.45, 2.75) is 33.7 Å². The summed E-state index contributed by atoms with van der Waals surface area (Å²) in [7, 11) is 0. The van der Waals surface area contributed by atoms with Crippen LogP contribution in [0.1, 0.15) is 36.6 Å². The molecule has 1 N–H and O–H groups in total. The van der Waals surface area contributed by atoms with Crippen molar-refractivity contribution < 1.29 is 4.79 Å². The number of carbonyl (C=O) groups is 1. The molecule has 136 valence electrons. The van der Waals surface area contributed by atoms with Crippen molar-refractivity contribution >= 4 is 28.6 Å². The van der Waals surface area contributed by atoms with E-state index < -0.39 is 5.91 Å². The molecule has 0 spiro atoms. The Labute approximate surface area is 159 Å². The van der Waals surface area contributed by atoms with Crippen molar-refractivity contribution in [1.29, 1.82) is 5.26 Å². The fourth-order valence-corrected chi connectivity index (χ4v) is 3.10. The van der Waals surface area contributed by atoms with E-state index >= 15 is 0 Å². The Hall–Kier alpha value is -3.32. The molecular weight excluding hydrogens is 334 g/mol. The zero-order chi connectivity index (χ0) is 19.6. The molecule has 1 aromatic heterocycles. The number of hydrogen-bond donors (Lipinski definition) is 1. The molecule has 3 aromatic rings. The molecule has 0 saturated heterocycles. The minimum Gasteiger partial charge on any atom is -0.344 e. The van der Waals surface area contributed by atoms with E-state index in [9.17, 15) is 10.1 Å². The minimum atomic E-state index is -0.401. The number of para-hydroxylation sites is 1. The van der Waals surface area contributed by atoms with Gasteiger partial charge in [0, 0.05) is 34.4 Å². The lowest BCUT2D eigenvalue weighted by atomic mass is 10.1. The van der Waals surface area contributed by atoms with E-state index in [1.807, 2.05) is 68.6 Å². The topological polar surface area (TPSA) is 57.8 Å². The molecule has 0 aliphatic carbocycles. The van der Waals surface area contributed by atoms with Gasteiger partial charge in [0.15, 0.2) is 0 Å². The second-order valence-corrected chi connectivity index (χ2v) is 7.03. The molecule has 2 aromatic carbocycles. The Morgan fingerprint density at radius 3 is 2.56 bits per heavy atom. The Bertz CT molecular complexity index is 1080. The van der Waals surface area contributed by atoms with Gasteiger partial charge in [-0.05, 0) is 63.1 Å². The molecule has 27 heavy (non-hydrogen) atoms. The van der Waals surface area contributed by atoms with Crippen LogP contribution in [0.5, 0.6) is 0 Å². The molecule has 4 heteroatoms. The number of nitrogens with zero attached hydrogens (tertiary/aromatic N) is 2. The summed E-state index contributed by atoms with van der Waals surface area (Å²) < 4.78 is 2.15. The molecule has 0 aliphatic rings. The summed E-state index contributed by atoms with van der Waals surface area (Å²) in [6.07, 6.45) is 3.66.